The zero-order valence-electron chi connectivity index (χ0n) is 15.4. The van der Waals surface area contributed by atoms with Crippen molar-refractivity contribution < 1.29 is 13.9 Å². The second-order valence-corrected chi connectivity index (χ2v) is 7.66. The third-order valence-corrected chi connectivity index (χ3v) is 5.51. The molecule has 2 aromatic carbocycles. The number of halogens is 3. The Morgan fingerprint density at radius 2 is 1.85 bits per heavy atom. The van der Waals surface area contributed by atoms with Gasteiger partial charge in [-0.25, -0.2) is 4.39 Å². The maximum Gasteiger partial charge on any atom is 0.180 e. The molecule has 1 aliphatic carbocycles. The molecule has 27 heavy (non-hydrogen) atoms. The highest BCUT2D eigenvalue weighted by molar-refractivity contribution is 6.32. The summed E-state index contributed by atoms with van der Waals surface area (Å²) in [4.78, 5) is 0. The molecule has 0 saturated heterocycles. The summed E-state index contributed by atoms with van der Waals surface area (Å²) in [5.74, 6) is 0.649. The number of nitrogens with one attached hydrogen (secondary N) is 1. The Hall–Kier alpha value is -1.49. The molecule has 3 rings (SSSR count). The smallest absolute Gasteiger partial charge is 0.180 e. The van der Waals surface area contributed by atoms with Crippen LogP contribution in [0, 0.1) is 5.82 Å². The molecule has 1 saturated carbocycles. The lowest BCUT2D eigenvalue weighted by molar-refractivity contribution is 0.284. The molecule has 1 aliphatic rings. The van der Waals surface area contributed by atoms with Crippen molar-refractivity contribution in [3.63, 3.8) is 0 Å². The van der Waals surface area contributed by atoms with Crippen molar-refractivity contribution in [2.75, 3.05) is 7.11 Å². The quantitative estimate of drug-likeness (QED) is 0.592. The molecule has 0 atom stereocenters. The van der Waals surface area contributed by atoms with Crippen LogP contribution < -0.4 is 14.8 Å². The molecule has 6 heteroatoms. The molecule has 3 nitrogen and oxygen atoms in total. The third kappa shape index (κ3) is 5.50. The minimum absolute atomic E-state index is 0.175. The van der Waals surface area contributed by atoms with Gasteiger partial charge in [-0.2, -0.15) is 0 Å². The molecule has 0 spiro atoms. The number of ether oxygens (including phenoxy) is 2. The minimum atomic E-state index is -0.380. The third-order valence-electron chi connectivity index (χ3n) is 4.88. The molecule has 1 fully saturated rings. The van der Waals surface area contributed by atoms with Gasteiger partial charge in [-0.1, -0.05) is 48.5 Å². The summed E-state index contributed by atoms with van der Waals surface area (Å²) in [7, 11) is 1.59. The Labute approximate surface area is 169 Å². The molecule has 0 radical (unpaired) electrons. The second kappa shape index (κ2) is 9.63. The molecule has 146 valence electrons. The maximum atomic E-state index is 13.2. The summed E-state index contributed by atoms with van der Waals surface area (Å²) in [6, 6.07) is 8.61. The van der Waals surface area contributed by atoms with Crippen LogP contribution in [-0.2, 0) is 13.2 Å². The highest BCUT2D eigenvalue weighted by atomic mass is 35.5. The molecule has 1 N–H and O–H groups in total. The molecule has 2 aromatic rings. The highest BCUT2D eigenvalue weighted by Crippen LogP contribution is 2.37. The van der Waals surface area contributed by atoms with Gasteiger partial charge in [0.25, 0.3) is 0 Å². The summed E-state index contributed by atoms with van der Waals surface area (Å²) in [5.41, 5.74) is 1.73. The van der Waals surface area contributed by atoms with Crippen LogP contribution in [0.15, 0.2) is 30.3 Å². The van der Waals surface area contributed by atoms with E-state index in [2.05, 4.69) is 5.32 Å². The van der Waals surface area contributed by atoms with E-state index in [4.69, 9.17) is 32.7 Å². The maximum absolute atomic E-state index is 13.2. The molecule has 0 unspecified atom stereocenters. The van der Waals surface area contributed by atoms with E-state index in [0.717, 1.165) is 12.1 Å². The van der Waals surface area contributed by atoms with Crippen molar-refractivity contribution in [2.45, 2.75) is 51.3 Å². The van der Waals surface area contributed by atoms with Crippen LogP contribution >= 0.6 is 23.2 Å². The largest absolute Gasteiger partial charge is 0.493 e. The van der Waals surface area contributed by atoms with Gasteiger partial charge in [-0.05, 0) is 42.7 Å². The van der Waals surface area contributed by atoms with Gasteiger partial charge in [-0.3, -0.25) is 0 Å². The predicted molar refractivity (Wildman–Crippen MR) is 107 cm³/mol. The normalized spacial score (nSPS) is 15.0. The van der Waals surface area contributed by atoms with Gasteiger partial charge < -0.3 is 14.8 Å². The van der Waals surface area contributed by atoms with E-state index in [1.807, 2.05) is 12.1 Å². The first kappa shape index (κ1) is 20.2. The van der Waals surface area contributed by atoms with Crippen LogP contribution in [-0.4, -0.2) is 13.2 Å². The van der Waals surface area contributed by atoms with E-state index in [1.54, 1.807) is 13.2 Å². The van der Waals surface area contributed by atoms with E-state index >= 15 is 0 Å². The van der Waals surface area contributed by atoms with Gasteiger partial charge in [0.05, 0.1) is 17.2 Å². The van der Waals surface area contributed by atoms with Crippen molar-refractivity contribution in [2.24, 2.45) is 0 Å². The average Bonchev–Trinajstić information content (AvgIpc) is 2.67. The van der Waals surface area contributed by atoms with Crippen molar-refractivity contribution in [3.8, 4) is 11.5 Å². The molecular formula is C21H24Cl2FNO2. The molecular weight excluding hydrogens is 388 g/mol. The van der Waals surface area contributed by atoms with Crippen LogP contribution in [0.1, 0.15) is 43.2 Å². The number of methoxy groups -OCH3 is 1. The Morgan fingerprint density at radius 3 is 2.56 bits per heavy atom. The number of hydrogen-bond acceptors (Lipinski definition) is 3. The van der Waals surface area contributed by atoms with Gasteiger partial charge in [0, 0.05) is 18.2 Å². The fourth-order valence-corrected chi connectivity index (χ4v) is 3.88. The molecule has 0 bridgehead atoms. The Balaban J connectivity index is 1.67. The minimum Gasteiger partial charge on any atom is -0.493 e. The van der Waals surface area contributed by atoms with Crippen molar-refractivity contribution >= 4 is 23.2 Å². The summed E-state index contributed by atoms with van der Waals surface area (Å²) in [6.07, 6.45) is 6.37. The molecule has 0 aromatic heterocycles. The summed E-state index contributed by atoms with van der Waals surface area (Å²) in [6.45, 7) is 0.916. The number of rotatable bonds is 7. The summed E-state index contributed by atoms with van der Waals surface area (Å²) in [5, 5.41) is 4.40. The van der Waals surface area contributed by atoms with E-state index in [9.17, 15) is 4.39 Å². The SMILES string of the molecule is COc1cc(CNC2CCCCC2)cc(Cl)c1OCc1ccc(F)cc1Cl. The Kier molecular flexibility index (Phi) is 7.22. The van der Waals surface area contributed by atoms with Gasteiger partial charge in [0.1, 0.15) is 12.4 Å². The first-order valence-corrected chi connectivity index (χ1v) is 9.99. The van der Waals surface area contributed by atoms with E-state index in [-0.39, 0.29) is 12.4 Å². The molecule has 0 amide bonds. The van der Waals surface area contributed by atoms with Crippen LogP contribution in [0.2, 0.25) is 10.0 Å². The van der Waals surface area contributed by atoms with Crippen molar-refractivity contribution in [1.29, 1.82) is 0 Å². The van der Waals surface area contributed by atoms with E-state index in [0.29, 0.717) is 33.1 Å². The summed E-state index contributed by atoms with van der Waals surface area (Å²) >= 11 is 12.5. The Bertz CT molecular complexity index is 779. The standard InChI is InChI=1S/C21H24Cl2FNO2/c1-26-20-10-14(12-25-17-5-3-2-4-6-17)9-19(23)21(20)27-13-15-7-8-16(24)11-18(15)22/h7-11,17,25H,2-6,12-13H2,1H3. The van der Waals surface area contributed by atoms with Gasteiger partial charge >= 0.3 is 0 Å². The van der Waals surface area contributed by atoms with E-state index in [1.165, 1.54) is 44.2 Å². The lowest BCUT2D eigenvalue weighted by atomic mass is 9.95. The lowest BCUT2D eigenvalue weighted by Gasteiger charge is -2.23. The average molecular weight is 412 g/mol. The highest BCUT2D eigenvalue weighted by Gasteiger charge is 2.16. The zero-order chi connectivity index (χ0) is 19.2. The molecule has 0 aliphatic heterocycles. The van der Waals surface area contributed by atoms with Crippen LogP contribution in [0.4, 0.5) is 4.39 Å². The zero-order valence-corrected chi connectivity index (χ0v) is 16.9. The lowest BCUT2D eigenvalue weighted by Crippen LogP contribution is -2.30. The monoisotopic (exact) mass is 411 g/mol. The number of benzene rings is 2. The first-order valence-electron chi connectivity index (χ1n) is 9.23. The van der Waals surface area contributed by atoms with Crippen LogP contribution in [0.3, 0.4) is 0 Å². The summed E-state index contributed by atoms with van der Waals surface area (Å²) < 4.78 is 24.5. The fraction of sp³-hybridized carbons (Fsp3) is 0.429. The first-order chi connectivity index (χ1) is 13.1. The second-order valence-electron chi connectivity index (χ2n) is 6.85. The van der Waals surface area contributed by atoms with Crippen LogP contribution in [0.25, 0.3) is 0 Å². The van der Waals surface area contributed by atoms with E-state index < -0.39 is 0 Å². The number of hydrogen-bond donors (Lipinski definition) is 1. The van der Waals surface area contributed by atoms with Gasteiger partial charge in [0.2, 0.25) is 0 Å². The van der Waals surface area contributed by atoms with Crippen molar-refractivity contribution in [1.82, 2.24) is 5.32 Å². The van der Waals surface area contributed by atoms with Gasteiger partial charge in [0.15, 0.2) is 11.5 Å². The fourth-order valence-electron chi connectivity index (χ4n) is 3.37. The van der Waals surface area contributed by atoms with Crippen LogP contribution in [0.5, 0.6) is 11.5 Å². The topological polar surface area (TPSA) is 30.5 Å². The molecule has 0 heterocycles. The van der Waals surface area contributed by atoms with Gasteiger partial charge in [-0.15, -0.1) is 0 Å². The predicted octanol–water partition coefficient (Wildman–Crippen LogP) is 6.14. The van der Waals surface area contributed by atoms with Crippen molar-refractivity contribution in [3.05, 3.63) is 57.3 Å². The Morgan fingerprint density at radius 1 is 1.07 bits per heavy atom.